The second-order valence-electron chi connectivity index (χ2n) is 1.39. The lowest BCUT2D eigenvalue weighted by Gasteiger charge is -1.86. The summed E-state index contributed by atoms with van der Waals surface area (Å²) in [5, 5.41) is 3.98. The van der Waals surface area contributed by atoms with Crippen molar-refractivity contribution in [2.24, 2.45) is 0 Å². The van der Waals surface area contributed by atoms with Crippen LogP contribution in [0.4, 0.5) is 0 Å². The van der Waals surface area contributed by atoms with E-state index >= 15 is 0 Å². The van der Waals surface area contributed by atoms with Crippen LogP contribution in [-0.4, -0.2) is 0 Å². The third kappa shape index (κ3) is 10.0. The Morgan fingerprint density at radius 2 is 1.27 bits per heavy atom. The van der Waals surface area contributed by atoms with E-state index in [-0.39, 0.29) is 0 Å². The van der Waals surface area contributed by atoms with Gasteiger partial charge in [0, 0.05) is 0 Å². The predicted molar refractivity (Wildman–Crippen MR) is 61.4 cm³/mol. The first-order valence-corrected chi connectivity index (χ1v) is 6.56. The molecule has 0 N–H and O–H groups in total. The van der Waals surface area contributed by atoms with Gasteiger partial charge in [0.1, 0.15) is 0 Å². The molecule has 60 valence electrons. The zero-order valence-corrected chi connectivity index (χ0v) is 8.55. The molecule has 0 aliphatic heterocycles. The van der Waals surface area contributed by atoms with E-state index in [4.69, 9.17) is 0 Å². The van der Waals surface area contributed by atoms with Crippen LogP contribution in [0.1, 0.15) is 0 Å². The van der Waals surface area contributed by atoms with E-state index in [0.29, 0.717) is 0 Å². The highest BCUT2D eigenvalue weighted by Gasteiger charge is 1.79. The van der Waals surface area contributed by atoms with E-state index in [1.54, 1.807) is 43.6 Å². The van der Waals surface area contributed by atoms with Crippen LogP contribution in [0.15, 0.2) is 48.3 Å². The van der Waals surface area contributed by atoms with Crippen molar-refractivity contribution < 1.29 is 0 Å². The maximum Gasteiger partial charge on any atom is -0.0158 e. The average Bonchev–Trinajstić information content (AvgIpc) is 2.03. The van der Waals surface area contributed by atoms with Crippen LogP contribution in [-0.2, 0) is 0 Å². The first-order chi connectivity index (χ1) is 5.41. The fourth-order valence-electron chi connectivity index (χ4n) is 0.243. The lowest BCUT2D eigenvalue weighted by Crippen LogP contribution is -1.41. The third-order valence-electron chi connectivity index (χ3n) is 0.619. The maximum atomic E-state index is 3.56. The first kappa shape index (κ1) is 11.0. The fraction of sp³-hybridized carbons (Fsp3) is 0. The molecular formula is C8H10S3. The van der Waals surface area contributed by atoms with Gasteiger partial charge in [-0.05, 0) is 20.6 Å². The Hall–Kier alpha value is 0.01000. The van der Waals surface area contributed by atoms with Crippen LogP contribution in [0.25, 0.3) is 0 Å². The molecule has 0 aromatic heterocycles. The zero-order chi connectivity index (χ0) is 8.36. The van der Waals surface area contributed by atoms with Gasteiger partial charge in [0.15, 0.2) is 0 Å². The number of allylic oxidation sites excluding steroid dienone is 4. The molecule has 0 fully saturated rings. The zero-order valence-electron chi connectivity index (χ0n) is 6.10. The summed E-state index contributed by atoms with van der Waals surface area (Å²) in [6.45, 7) is 7.13. The van der Waals surface area contributed by atoms with E-state index in [1.807, 2.05) is 23.0 Å². The molecule has 0 radical (unpaired) electrons. The predicted octanol–water partition coefficient (Wildman–Crippen LogP) is 4.42. The van der Waals surface area contributed by atoms with Gasteiger partial charge in [-0.2, -0.15) is 0 Å². The summed E-state index contributed by atoms with van der Waals surface area (Å²) in [6, 6.07) is 0. The molecule has 0 spiro atoms. The van der Waals surface area contributed by atoms with Crippen LogP contribution in [0.5, 0.6) is 0 Å². The molecule has 0 nitrogen and oxygen atoms in total. The Morgan fingerprint density at radius 1 is 0.818 bits per heavy atom. The van der Waals surface area contributed by atoms with Crippen molar-refractivity contribution in [1.29, 1.82) is 0 Å². The van der Waals surface area contributed by atoms with E-state index in [9.17, 15) is 0 Å². The number of rotatable bonds is 6. The minimum absolute atomic E-state index is 1.67. The van der Waals surface area contributed by atoms with Gasteiger partial charge in [0.25, 0.3) is 0 Å². The van der Waals surface area contributed by atoms with Crippen LogP contribution in [0.2, 0.25) is 0 Å². The standard InChI is InChI=1S/C8H10S3/c1-3-5-7-9-11-10-8-6-4-2/h3-8H,1-2H2/b7-5-,8-6-. The molecule has 0 bridgehead atoms. The maximum absolute atomic E-state index is 3.56. The SMILES string of the molecule is C=C/C=C\SSS/C=C\C=C. The topological polar surface area (TPSA) is 0 Å². The molecule has 0 aliphatic rings. The van der Waals surface area contributed by atoms with Gasteiger partial charge >= 0.3 is 0 Å². The van der Waals surface area contributed by atoms with Crippen LogP contribution < -0.4 is 0 Å². The monoisotopic (exact) mass is 202 g/mol. The van der Waals surface area contributed by atoms with Crippen molar-refractivity contribution in [3.63, 3.8) is 0 Å². The number of hydrogen-bond donors (Lipinski definition) is 0. The second kappa shape index (κ2) is 10.0. The molecule has 0 aromatic carbocycles. The molecule has 0 amide bonds. The van der Waals surface area contributed by atoms with Crippen molar-refractivity contribution >= 4 is 31.4 Å². The second-order valence-corrected chi connectivity index (χ2v) is 5.24. The molecule has 0 atom stereocenters. The number of hydrogen-bond acceptors (Lipinski definition) is 3. The normalized spacial score (nSPS) is 10.9. The van der Waals surface area contributed by atoms with Crippen molar-refractivity contribution in [1.82, 2.24) is 0 Å². The molecule has 11 heavy (non-hydrogen) atoms. The minimum Gasteiger partial charge on any atom is -0.0990 e. The molecule has 0 saturated carbocycles. The van der Waals surface area contributed by atoms with Crippen molar-refractivity contribution in [2.75, 3.05) is 0 Å². The molecular weight excluding hydrogens is 192 g/mol. The summed E-state index contributed by atoms with van der Waals surface area (Å²) in [5.41, 5.74) is 0. The molecule has 3 heteroatoms. The molecule has 0 aromatic rings. The molecule has 0 saturated heterocycles. The molecule has 0 aliphatic carbocycles. The van der Waals surface area contributed by atoms with E-state index in [2.05, 4.69) is 13.2 Å². The lowest BCUT2D eigenvalue weighted by atomic mass is 10.6. The van der Waals surface area contributed by atoms with Gasteiger partial charge in [-0.15, -0.1) is 0 Å². The molecule has 0 heterocycles. The largest absolute Gasteiger partial charge is 0.0990 e. The highest BCUT2D eigenvalue weighted by molar-refractivity contribution is 9.10. The smallest absolute Gasteiger partial charge is 0.0158 e. The fourth-order valence-corrected chi connectivity index (χ4v) is 2.75. The van der Waals surface area contributed by atoms with Gasteiger partial charge < -0.3 is 0 Å². The molecule has 0 unspecified atom stereocenters. The van der Waals surface area contributed by atoms with Crippen molar-refractivity contribution in [3.8, 4) is 0 Å². The summed E-state index contributed by atoms with van der Waals surface area (Å²) in [7, 11) is 5.04. The van der Waals surface area contributed by atoms with E-state index in [1.165, 1.54) is 0 Å². The first-order valence-electron chi connectivity index (χ1n) is 2.95. The van der Waals surface area contributed by atoms with Crippen LogP contribution in [0.3, 0.4) is 0 Å². The van der Waals surface area contributed by atoms with E-state index in [0.717, 1.165) is 0 Å². The van der Waals surface area contributed by atoms with Gasteiger partial charge in [-0.3, -0.25) is 0 Å². The van der Waals surface area contributed by atoms with Crippen molar-refractivity contribution in [3.05, 3.63) is 48.3 Å². The summed E-state index contributed by atoms with van der Waals surface area (Å²) in [6.07, 6.45) is 7.35. The summed E-state index contributed by atoms with van der Waals surface area (Å²) in [5.74, 6) is 0. The average molecular weight is 202 g/mol. The van der Waals surface area contributed by atoms with Gasteiger partial charge in [-0.1, -0.05) is 59.0 Å². The Labute approximate surface area is 79.7 Å². The van der Waals surface area contributed by atoms with Crippen LogP contribution >= 0.6 is 31.4 Å². The Morgan fingerprint density at radius 3 is 1.64 bits per heavy atom. The van der Waals surface area contributed by atoms with E-state index < -0.39 is 0 Å². The Bertz CT molecular complexity index is 141. The molecule has 0 rings (SSSR count). The highest BCUT2D eigenvalue weighted by Crippen LogP contribution is 2.35. The summed E-state index contributed by atoms with van der Waals surface area (Å²) >= 11 is 0. The minimum atomic E-state index is 1.67. The highest BCUT2D eigenvalue weighted by atomic mass is 33.5. The van der Waals surface area contributed by atoms with Crippen LogP contribution in [0, 0.1) is 0 Å². The van der Waals surface area contributed by atoms with Crippen molar-refractivity contribution in [2.45, 2.75) is 0 Å². The third-order valence-corrected chi connectivity index (χ3v) is 3.86. The lowest BCUT2D eigenvalue weighted by molar-refractivity contribution is 2.12. The summed E-state index contributed by atoms with van der Waals surface area (Å²) < 4.78 is 0. The van der Waals surface area contributed by atoms with Gasteiger partial charge in [0.05, 0.1) is 0 Å². The quantitative estimate of drug-likeness (QED) is 0.355. The van der Waals surface area contributed by atoms with Gasteiger partial charge in [0.2, 0.25) is 0 Å². The Balaban J connectivity index is 3.14. The Kier molecular flexibility index (Phi) is 10.0. The van der Waals surface area contributed by atoms with Gasteiger partial charge in [-0.25, -0.2) is 0 Å². The summed E-state index contributed by atoms with van der Waals surface area (Å²) in [4.78, 5) is 0.